The number of rotatable bonds is 4. The summed E-state index contributed by atoms with van der Waals surface area (Å²) in [5, 5.41) is 6.21. The second-order valence-electron chi connectivity index (χ2n) is 4.96. The van der Waals surface area contributed by atoms with Gasteiger partial charge in [-0.1, -0.05) is 6.92 Å². The number of hydrogen-bond donors (Lipinski definition) is 2. The van der Waals surface area contributed by atoms with Crippen molar-refractivity contribution in [1.29, 1.82) is 0 Å². The summed E-state index contributed by atoms with van der Waals surface area (Å²) >= 11 is 0. The zero-order valence-corrected chi connectivity index (χ0v) is 10.7. The van der Waals surface area contributed by atoms with Gasteiger partial charge in [-0.15, -0.1) is 0 Å². The van der Waals surface area contributed by atoms with E-state index in [1.165, 1.54) is 19.2 Å². The Hall–Kier alpha value is -1.49. The highest BCUT2D eigenvalue weighted by atomic mass is 16.1. The molecule has 0 aromatic carbocycles. The Labute approximate surface area is 107 Å². The first kappa shape index (κ1) is 13.0. The second kappa shape index (κ2) is 6.44. The number of amides is 1. The van der Waals surface area contributed by atoms with Crippen LogP contribution >= 0.6 is 0 Å². The van der Waals surface area contributed by atoms with Crippen LogP contribution in [0.2, 0.25) is 0 Å². The van der Waals surface area contributed by atoms with Gasteiger partial charge >= 0.3 is 0 Å². The lowest BCUT2D eigenvalue weighted by Crippen LogP contribution is -2.34. The number of anilines is 1. The van der Waals surface area contributed by atoms with Crippen molar-refractivity contribution in [3.63, 3.8) is 0 Å². The molecule has 1 aliphatic heterocycles. The maximum atomic E-state index is 11.9. The van der Waals surface area contributed by atoms with E-state index in [4.69, 9.17) is 0 Å². The monoisotopic (exact) mass is 248 g/mol. The number of aromatic nitrogens is 2. The smallest absolute Gasteiger partial charge is 0.224 e. The fraction of sp³-hybridized carbons (Fsp3) is 0.615. The molecule has 18 heavy (non-hydrogen) atoms. The molecule has 98 valence electrons. The van der Waals surface area contributed by atoms with Gasteiger partial charge in [-0.2, -0.15) is 0 Å². The molecule has 1 aromatic heterocycles. The largest absolute Gasteiger partial charge is 0.323 e. The molecule has 0 radical (unpaired) electrons. The van der Waals surface area contributed by atoms with Gasteiger partial charge < -0.3 is 10.6 Å². The van der Waals surface area contributed by atoms with Gasteiger partial charge in [0.2, 0.25) is 5.91 Å². The summed E-state index contributed by atoms with van der Waals surface area (Å²) in [6, 6.07) is 0. The first-order valence-corrected chi connectivity index (χ1v) is 6.51. The van der Waals surface area contributed by atoms with Gasteiger partial charge in [-0.25, -0.2) is 9.97 Å². The number of nitrogens with zero attached hydrogens (tertiary/aromatic N) is 2. The summed E-state index contributed by atoms with van der Waals surface area (Å²) in [7, 11) is 0. The highest BCUT2D eigenvalue weighted by molar-refractivity contribution is 5.90. The fourth-order valence-corrected chi connectivity index (χ4v) is 2.40. The molecule has 1 aromatic rings. The second-order valence-corrected chi connectivity index (χ2v) is 4.96. The number of piperidine rings is 1. The van der Waals surface area contributed by atoms with Crippen molar-refractivity contribution in [3.8, 4) is 0 Å². The first-order valence-electron chi connectivity index (χ1n) is 6.51. The minimum Gasteiger partial charge on any atom is -0.323 e. The molecule has 2 rings (SSSR count). The molecule has 0 bridgehead atoms. The minimum absolute atomic E-state index is 0.0443. The van der Waals surface area contributed by atoms with Crippen LogP contribution in [0, 0.1) is 11.8 Å². The van der Waals surface area contributed by atoms with Gasteiger partial charge in [0.05, 0.1) is 18.1 Å². The summed E-state index contributed by atoms with van der Waals surface area (Å²) in [5.41, 5.74) is 0.663. The van der Waals surface area contributed by atoms with Gasteiger partial charge in [-0.3, -0.25) is 4.79 Å². The predicted molar refractivity (Wildman–Crippen MR) is 70.0 cm³/mol. The first-order chi connectivity index (χ1) is 8.75. The van der Waals surface area contributed by atoms with Crippen LogP contribution in [0.15, 0.2) is 18.7 Å². The topological polar surface area (TPSA) is 66.9 Å². The molecule has 2 heterocycles. The van der Waals surface area contributed by atoms with Crippen LogP contribution in [0.3, 0.4) is 0 Å². The molecule has 1 saturated heterocycles. The highest BCUT2D eigenvalue weighted by Gasteiger charge is 2.21. The SMILES string of the molecule is CC(CC(=O)Nc1cncnc1)C1CCCNC1. The Balaban J connectivity index is 1.79. The summed E-state index contributed by atoms with van der Waals surface area (Å²) in [5.74, 6) is 1.06. The molecule has 0 spiro atoms. The molecule has 5 nitrogen and oxygen atoms in total. The summed E-state index contributed by atoms with van der Waals surface area (Å²) in [6.07, 6.45) is 7.65. The van der Waals surface area contributed by atoms with Crippen LogP contribution in [0.1, 0.15) is 26.2 Å². The zero-order valence-electron chi connectivity index (χ0n) is 10.7. The van der Waals surface area contributed by atoms with E-state index in [1.807, 2.05) is 0 Å². The number of carbonyl (C=O) groups is 1. The van der Waals surface area contributed by atoms with E-state index < -0.39 is 0 Å². The molecule has 1 aliphatic rings. The molecule has 0 aliphatic carbocycles. The van der Waals surface area contributed by atoms with Crippen LogP contribution in [0.4, 0.5) is 5.69 Å². The predicted octanol–water partition coefficient (Wildman–Crippen LogP) is 1.44. The Bertz CT molecular complexity index is 376. The van der Waals surface area contributed by atoms with E-state index in [0.717, 1.165) is 13.1 Å². The van der Waals surface area contributed by atoms with E-state index in [1.54, 1.807) is 12.4 Å². The molecule has 2 unspecified atom stereocenters. The molecule has 5 heteroatoms. The van der Waals surface area contributed by atoms with Gasteiger partial charge in [0.25, 0.3) is 0 Å². The molecule has 2 N–H and O–H groups in total. The van der Waals surface area contributed by atoms with E-state index in [2.05, 4.69) is 27.5 Å². The standard InChI is InChI=1S/C13H20N4O/c1-10(11-3-2-4-14-6-11)5-13(18)17-12-7-15-9-16-8-12/h7-11,14H,2-6H2,1H3,(H,17,18). The van der Waals surface area contributed by atoms with Crippen LogP contribution in [-0.4, -0.2) is 29.0 Å². The molecule has 1 fully saturated rings. The van der Waals surface area contributed by atoms with Gasteiger partial charge in [0, 0.05) is 6.42 Å². The minimum atomic E-state index is 0.0443. The Morgan fingerprint density at radius 3 is 3.00 bits per heavy atom. The maximum Gasteiger partial charge on any atom is 0.224 e. The molecular formula is C13H20N4O. The van der Waals surface area contributed by atoms with Gasteiger partial charge in [0.15, 0.2) is 0 Å². The third kappa shape index (κ3) is 3.77. The molecule has 0 saturated carbocycles. The Kier molecular flexibility index (Phi) is 4.64. The number of hydrogen-bond acceptors (Lipinski definition) is 4. The van der Waals surface area contributed by atoms with Gasteiger partial charge in [-0.05, 0) is 37.8 Å². The summed E-state index contributed by atoms with van der Waals surface area (Å²) < 4.78 is 0. The van der Waals surface area contributed by atoms with E-state index in [0.29, 0.717) is 23.9 Å². The van der Waals surface area contributed by atoms with Crippen LogP contribution in [-0.2, 0) is 4.79 Å². The highest BCUT2D eigenvalue weighted by Crippen LogP contribution is 2.22. The van der Waals surface area contributed by atoms with Crippen LogP contribution in [0.5, 0.6) is 0 Å². The van der Waals surface area contributed by atoms with Crippen LogP contribution < -0.4 is 10.6 Å². The Morgan fingerprint density at radius 1 is 1.56 bits per heavy atom. The third-order valence-corrected chi connectivity index (χ3v) is 3.49. The Morgan fingerprint density at radius 2 is 2.33 bits per heavy atom. The summed E-state index contributed by atoms with van der Waals surface area (Å²) in [6.45, 7) is 4.29. The van der Waals surface area contributed by atoms with E-state index in [9.17, 15) is 4.79 Å². The fourth-order valence-electron chi connectivity index (χ4n) is 2.40. The van der Waals surface area contributed by atoms with Gasteiger partial charge in [0.1, 0.15) is 6.33 Å². The van der Waals surface area contributed by atoms with Crippen LogP contribution in [0.25, 0.3) is 0 Å². The number of carbonyl (C=O) groups excluding carboxylic acids is 1. The summed E-state index contributed by atoms with van der Waals surface area (Å²) in [4.78, 5) is 19.6. The average Bonchev–Trinajstić information content (AvgIpc) is 2.40. The number of nitrogens with one attached hydrogen (secondary N) is 2. The van der Waals surface area contributed by atoms with Crippen molar-refractivity contribution in [2.45, 2.75) is 26.2 Å². The quantitative estimate of drug-likeness (QED) is 0.846. The van der Waals surface area contributed by atoms with E-state index >= 15 is 0 Å². The van der Waals surface area contributed by atoms with Crippen molar-refractivity contribution in [2.75, 3.05) is 18.4 Å². The van der Waals surface area contributed by atoms with E-state index in [-0.39, 0.29) is 5.91 Å². The van der Waals surface area contributed by atoms with Crippen molar-refractivity contribution < 1.29 is 4.79 Å². The maximum absolute atomic E-state index is 11.9. The zero-order chi connectivity index (χ0) is 12.8. The van der Waals surface area contributed by atoms with Crippen molar-refractivity contribution in [1.82, 2.24) is 15.3 Å². The van der Waals surface area contributed by atoms with Crippen molar-refractivity contribution in [3.05, 3.63) is 18.7 Å². The molecule has 1 amide bonds. The molecular weight excluding hydrogens is 228 g/mol. The average molecular weight is 248 g/mol. The lowest BCUT2D eigenvalue weighted by Gasteiger charge is -2.27. The normalized spacial score (nSPS) is 21.3. The third-order valence-electron chi connectivity index (χ3n) is 3.49. The van der Waals surface area contributed by atoms with Crippen molar-refractivity contribution >= 4 is 11.6 Å². The lowest BCUT2D eigenvalue weighted by molar-refractivity contribution is -0.117. The van der Waals surface area contributed by atoms with Crippen molar-refractivity contribution in [2.24, 2.45) is 11.8 Å². The molecule has 2 atom stereocenters. The lowest BCUT2D eigenvalue weighted by atomic mass is 9.85.